The third-order valence-corrected chi connectivity index (χ3v) is 3.62. The molecule has 1 fully saturated rings. The van der Waals surface area contributed by atoms with Crippen LogP contribution >= 0.6 is 24.0 Å². The van der Waals surface area contributed by atoms with Gasteiger partial charge in [-0.1, -0.05) is 42.2 Å². The zero-order valence-corrected chi connectivity index (χ0v) is 10.2. The summed E-state index contributed by atoms with van der Waals surface area (Å²) in [6, 6.07) is 9.30. The summed E-state index contributed by atoms with van der Waals surface area (Å²) < 4.78 is 0.544. The number of azo groups is 1. The number of carbonyl (C=O) groups excluding carboxylic acids is 1. The van der Waals surface area contributed by atoms with Crippen molar-refractivity contribution in [2.24, 2.45) is 10.2 Å². The Morgan fingerprint density at radius 1 is 1.38 bits per heavy atom. The number of amides is 1. The van der Waals surface area contributed by atoms with Crippen LogP contribution in [-0.4, -0.2) is 27.5 Å². The van der Waals surface area contributed by atoms with Crippen LogP contribution in [0.3, 0.4) is 0 Å². The Bertz CT molecular complexity index is 447. The lowest BCUT2D eigenvalue weighted by atomic mass is 10.3. The molecule has 1 amide bonds. The molecule has 0 bridgehead atoms. The summed E-state index contributed by atoms with van der Waals surface area (Å²) in [5, 5.41) is 7.46. The number of rotatable bonds is 2. The number of benzene rings is 1. The van der Waals surface area contributed by atoms with Crippen LogP contribution < -0.4 is 0 Å². The number of hydrogen-bond donors (Lipinski definition) is 0. The normalized spacial score (nSPS) is 21.1. The smallest absolute Gasteiger partial charge is 0.265 e. The average Bonchev–Trinajstić information content (AvgIpc) is 2.56. The van der Waals surface area contributed by atoms with E-state index in [0.717, 1.165) is 5.69 Å². The SMILES string of the molecule is CN1C(=O)C(N=Nc2ccccc2)SC1=S. The van der Waals surface area contributed by atoms with Gasteiger partial charge in [0.05, 0.1) is 5.69 Å². The van der Waals surface area contributed by atoms with Crippen molar-refractivity contribution in [3.63, 3.8) is 0 Å². The molecule has 0 aromatic heterocycles. The predicted octanol–water partition coefficient (Wildman–Crippen LogP) is 2.59. The van der Waals surface area contributed by atoms with Crippen molar-refractivity contribution in [3.05, 3.63) is 30.3 Å². The number of likely N-dealkylation sites (N-methyl/N-ethyl adjacent to an activating group) is 1. The molecule has 1 aliphatic rings. The van der Waals surface area contributed by atoms with Gasteiger partial charge in [-0.2, -0.15) is 10.2 Å². The van der Waals surface area contributed by atoms with Gasteiger partial charge < -0.3 is 0 Å². The highest BCUT2D eigenvalue weighted by Gasteiger charge is 2.34. The summed E-state index contributed by atoms with van der Waals surface area (Å²) in [5.74, 6) is -0.116. The molecule has 4 nitrogen and oxygen atoms in total. The van der Waals surface area contributed by atoms with E-state index in [-0.39, 0.29) is 5.91 Å². The summed E-state index contributed by atoms with van der Waals surface area (Å²) in [4.78, 5) is 13.0. The molecule has 1 aliphatic heterocycles. The predicted molar refractivity (Wildman–Crippen MR) is 67.7 cm³/mol. The summed E-state index contributed by atoms with van der Waals surface area (Å²) in [7, 11) is 1.65. The minimum absolute atomic E-state index is 0.116. The van der Waals surface area contributed by atoms with Gasteiger partial charge in [0.1, 0.15) is 4.32 Å². The molecule has 1 aromatic rings. The lowest BCUT2D eigenvalue weighted by Crippen LogP contribution is -2.26. The van der Waals surface area contributed by atoms with Crippen LogP contribution in [0.4, 0.5) is 5.69 Å². The second kappa shape index (κ2) is 4.71. The van der Waals surface area contributed by atoms with Crippen molar-refractivity contribution in [2.45, 2.75) is 5.37 Å². The second-order valence-corrected chi connectivity index (χ2v) is 4.90. The van der Waals surface area contributed by atoms with Crippen molar-refractivity contribution in [1.82, 2.24) is 4.90 Å². The molecule has 0 N–H and O–H groups in total. The molecule has 2 rings (SSSR count). The van der Waals surface area contributed by atoms with Crippen molar-refractivity contribution >= 4 is 39.9 Å². The summed E-state index contributed by atoms with van der Waals surface area (Å²) in [5.41, 5.74) is 0.733. The van der Waals surface area contributed by atoms with Crippen molar-refractivity contribution in [3.8, 4) is 0 Å². The van der Waals surface area contributed by atoms with E-state index in [9.17, 15) is 4.79 Å². The van der Waals surface area contributed by atoms with E-state index < -0.39 is 5.37 Å². The van der Waals surface area contributed by atoms with Gasteiger partial charge in [-0.15, -0.1) is 0 Å². The summed E-state index contributed by atoms with van der Waals surface area (Å²) >= 11 is 6.24. The highest BCUT2D eigenvalue weighted by atomic mass is 32.2. The summed E-state index contributed by atoms with van der Waals surface area (Å²) in [6.45, 7) is 0. The Labute approximate surface area is 103 Å². The molecule has 1 unspecified atom stereocenters. The molecule has 1 atom stereocenters. The fraction of sp³-hybridized carbons (Fsp3) is 0.200. The van der Waals surface area contributed by atoms with Crippen molar-refractivity contribution in [1.29, 1.82) is 0 Å². The van der Waals surface area contributed by atoms with Crippen LogP contribution in [0.2, 0.25) is 0 Å². The number of hydrogen-bond acceptors (Lipinski definition) is 5. The van der Waals surface area contributed by atoms with Gasteiger partial charge >= 0.3 is 0 Å². The van der Waals surface area contributed by atoms with Crippen LogP contribution in [-0.2, 0) is 4.79 Å². The molecule has 1 aromatic carbocycles. The largest absolute Gasteiger partial charge is 0.298 e. The molecule has 0 radical (unpaired) electrons. The molecule has 6 heteroatoms. The maximum Gasteiger partial charge on any atom is 0.265 e. The third-order valence-electron chi connectivity index (χ3n) is 2.06. The Kier molecular flexibility index (Phi) is 3.31. The maximum atomic E-state index is 11.6. The average molecular weight is 251 g/mol. The fourth-order valence-corrected chi connectivity index (χ4v) is 2.32. The molecule has 0 saturated carbocycles. The first-order valence-corrected chi connectivity index (χ1v) is 5.91. The van der Waals surface area contributed by atoms with E-state index in [1.54, 1.807) is 7.05 Å². The van der Waals surface area contributed by atoms with Gasteiger partial charge in [0, 0.05) is 7.05 Å². The first-order chi connectivity index (χ1) is 7.68. The highest BCUT2D eigenvalue weighted by molar-refractivity contribution is 8.24. The molecule has 0 spiro atoms. The van der Waals surface area contributed by atoms with E-state index in [1.165, 1.54) is 16.7 Å². The molecular weight excluding hydrogens is 242 g/mol. The summed E-state index contributed by atoms with van der Waals surface area (Å²) in [6.07, 6.45) is 0. The zero-order valence-electron chi connectivity index (χ0n) is 8.53. The monoisotopic (exact) mass is 251 g/mol. The van der Waals surface area contributed by atoms with Gasteiger partial charge in [0.25, 0.3) is 5.91 Å². The number of nitrogens with zero attached hydrogens (tertiary/aromatic N) is 3. The molecule has 0 aliphatic carbocycles. The van der Waals surface area contributed by atoms with Gasteiger partial charge in [-0.3, -0.25) is 9.69 Å². The molecule has 82 valence electrons. The molecular formula is C10H9N3OS2. The van der Waals surface area contributed by atoms with Crippen molar-refractivity contribution < 1.29 is 4.79 Å². The fourth-order valence-electron chi connectivity index (χ4n) is 1.17. The molecule has 16 heavy (non-hydrogen) atoms. The van der Waals surface area contributed by atoms with E-state index >= 15 is 0 Å². The van der Waals surface area contributed by atoms with E-state index in [0.29, 0.717) is 4.32 Å². The van der Waals surface area contributed by atoms with Gasteiger partial charge in [0.15, 0.2) is 0 Å². The lowest BCUT2D eigenvalue weighted by molar-refractivity contribution is -0.125. The topological polar surface area (TPSA) is 45.0 Å². The van der Waals surface area contributed by atoms with Crippen molar-refractivity contribution in [2.75, 3.05) is 7.05 Å². The minimum Gasteiger partial charge on any atom is -0.298 e. The Hall–Kier alpha value is -1.27. The van der Waals surface area contributed by atoms with Crippen LogP contribution in [0.1, 0.15) is 0 Å². The highest BCUT2D eigenvalue weighted by Crippen LogP contribution is 2.28. The molecule has 1 heterocycles. The first-order valence-electron chi connectivity index (χ1n) is 4.62. The Morgan fingerprint density at radius 3 is 2.62 bits per heavy atom. The minimum atomic E-state index is -0.530. The van der Waals surface area contributed by atoms with E-state index in [4.69, 9.17) is 12.2 Å². The Balaban J connectivity index is 2.09. The standard InChI is InChI=1S/C10H9N3OS2/c1-13-9(14)8(16-10(13)15)12-11-7-5-3-2-4-6-7/h2-6,8H,1H3. The third kappa shape index (κ3) is 2.28. The van der Waals surface area contributed by atoms with Crippen LogP contribution in [0, 0.1) is 0 Å². The quantitative estimate of drug-likeness (QED) is 0.599. The zero-order chi connectivity index (χ0) is 11.5. The Morgan fingerprint density at radius 2 is 2.06 bits per heavy atom. The van der Waals surface area contributed by atoms with E-state index in [2.05, 4.69) is 10.2 Å². The van der Waals surface area contributed by atoms with E-state index in [1.807, 2.05) is 30.3 Å². The second-order valence-electron chi connectivity index (χ2n) is 3.18. The van der Waals surface area contributed by atoms with Crippen LogP contribution in [0.25, 0.3) is 0 Å². The lowest BCUT2D eigenvalue weighted by Gasteiger charge is -2.04. The number of thiocarbonyl (C=S) groups is 1. The van der Waals surface area contributed by atoms with Crippen LogP contribution in [0.5, 0.6) is 0 Å². The number of thioether (sulfide) groups is 1. The maximum absolute atomic E-state index is 11.6. The first kappa shape index (κ1) is 11.2. The van der Waals surface area contributed by atoms with Gasteiger partial charge in [-0.25, -0.2) is 0 Å². The molecule has 1 saturated heterocycles. The van der Waals surface area contributed by atoms with Gasteiger partial charge in [0.2, 0.25) is 5.37 Å². The van der Waals surface area contributed by atoms with Gasteiger partial charge in [-0.05, 0) is 12.1 Å². The number of carbonyl (C=O) groups is 1. The van der Waals surface area contributed by atoms with Crippen LogP contribution in [0.15, 0.2) is 40.6 Å².